The zero-order valence-corrected chi connectivity index (χ0v) is 19.9. The predicted molar refractivity (Wildman–Crippen MR) is 126 cm³/mol. The molecule has 2 aliphatic heterocycles. The molecule has 2 aromatic rings. The first-order valence-electron chi connectivity index (χ1n) is 10.1. The van der Waals surface area contributed by atoms with E-state index in [9.17, 15) is 18.5 Å². The number of nitrogens with one attached hydrogen (secondary N) is 1. The van der Waals surface area contributed by atoms with E-state index in [0.29, 0.717) is 34.9 Å². The highest BCUT2D eigenvalue weighted by Crippen LogP contribution is 2.36. The van der Waals surface area contributed by atoms with Gasteiger partial charge in [-0.1, -0.05) is 23.2 Å². The van der Waals surface area contributed by atoms with Gasteiger partial charge in [-0.2, -0.15) is 0 Å². The van der Waals surface area contributed by atoms with Gasteiger partial charge in [-0.05, 0) is 41.5 Å². The molecule has 176 valence electrons. The van der Waals surface area contributed by atoms with Gasteiger partial charge in [0.15, 0.2) is 5.75 Å². The molecular formula is C21H21Cl2FN4O4S. The molecule has 8 nitrogen and oxygen atoms in total. The number of hydrogen-bond donors (Lipinski definition) is 1. The molecule has 0 bridgehead atoms. The smallest absolute Gasteiger partial charge is 0.414 e. The Bertz CT molecular complexity index is 1060. The molecule has 4 rings (SSSR count). The Balaban J connectivity index is 1.48. The van der Waals surface area contributed by atoms with E-state index in [4.69, 9.17) is 27.9 Å². The van der Waals surface area contributed by atoms with E-state index < -0.39 is 33.6 Å². The van der Waals surface area contributed by atoms with Gasteiger partial charge in [0.2, 0.25) is 10.4 Å². The SMILES string of the molecule is CC(=O)NC[C@H]1CN(c2ccc(-c3ccc(N4CC[S+]([O-])CC4(Cl)Cl)nc3)c(F)c2)C(=O)O1. The van der Waals surface area contributed by atoms with Crippen molar-refractivity contribution in [1.29, 1.82) is 0 Å². The highest BCUT2D eigenvalue weighted by Gasteiger charge is 2.42. The summed E-state index contributed by atoms with van der Waals surface area (Å²) in [5.74, 6) is 0.295. The van der Waals surface area contributed by atoms with E-state index in [1.165, 1.54) is 24.1 Å². The van der Waals surface area contributed by atoms with E-state index in [-0.39, 0.29) is 24.7 Å². The number of amides is 2. The van der Waals surface area contributed by atoms with Crippen molar-refractivity contribution in [3.63, 3.8) is 0 Å². The Morgan fingerprint density at radius 1 is 1.39 bits per heavy atom. The molecule has 1 aromatic heterocycles. The van der Waals surface area contributed by atoms with E-state index in [0.717, 1.165) is 0 Å². The number of carbonyl (C=O) groups is 2. The Morgan fingerprint density at radius 3 is 2.82 bits per heavy atom. The summed E-state index contributed by atoms with van der Waals surface area (Å²) in [5.41, 5.74) is 1.19. The monoisotopic (exact) mass is 514 g/mol. The van der Waals surface area contributed by atoms with Crippen molar-refractivity contribution in [1.82, 2.24) is 10.3 Å². The van der Waals surface area contributed by atoms with Crippen LogP contribution in [0.4, 0.5) is 20.7 Å². The molecule has 1 N–H and O–H groups in total. The maximum atomic E-state index is 14.9. The van der Waals surface area contributed by atoms with E-state index in [1.54, 1.807) is 29.2 Å². The van der Waals surface area contributed by atoms with Gasteiger partial charge in [0.1, 0.15) is 23.5 Å². The van der Waals surface area contributed by atoms with Crippen molar-refractivity contribution in [2.24, 2.45) is 0 Å². The molecule has 0 saturated carbocycles. The van der Waals surface area contributed by atoms with Crippen LogP contribution in [-0.4, -0.2) is 63.2 Å². The number of halogens is 3. The molecule has 3 heterocycles. The second-order valence-electron chi connectivity index (χ2n) is 7.73. The van der Waals surface area contributed by atoms with Gasteiger partial charge < -0.3 is 19.5 Å². The van der Waals surface area contributed by atoms with Crippen LogP contribution in [0.5, 0.6) is 0 Å². The van der Waals surface area contributed by atoms with Crippen LogP contribution in [-0.2, 0) is 20.7 Å². The molecular weight excluding hydrogens is 494 g/mol. The Labute approximate surface area is 203 Å². The van der Waals surface area contributed by atoms with E-state index >= 15 is 0 Å². The standard InChI is InChI=1S/C21H21Cl2FN4O4S/c1-13(29)25-10-16-11-27(20(30)32-16)15-3-4-17(18(24)8-15)14-2-5-19(26-9-14)28-6-7-33(31)12-21(28,22)23/h2-5,8-9,16H,6-7,10-12H2,1H3,(H,25,29)/t16-,33?/m0/s1. The van der Waals surface area contributed by atoms with Crippen molar-refractivity contribution in [3.05, 3.63) is 42.3 Å². The number of ether oxygens (including phenoxy) is 1. The number of rotatable bonds is 5. The molecule has 1 aromatic carbocycles. The summed E-state index contributed by atoms with van der Waals surface area (Å²) in [4.78, 5) is 30.6. The van der Waals surface area contributed by atoms with Crippen molar-refractivity contribution in [3.8, 4) is 11.1 Å². The average molecular weight is 515 g/mol. The largest absolute Gasteiger partial charge is 0.616 e. The van der Waals surface area contributed by atoms with Crippen LogP contribution in [0.25, 0.3) is 11.1 Å². The number of nitrogens with zero attached hydrogens (tertiary/aromatic N) is 3. The lowest BCUT2D eigenvalue weighted by molar-refractivity contribution is -0.119. The highest BCUT2D eigenvalue weighted by atomic mass is 35.5. The molecule has 33 heavy (non-hydrogen) atoms. The number of anilines is 2. The molecule has 2 fully saturated rings. The molecule has 0 radical (unpaired) electrons. The lowest BCUT2D eigenvalue weighted by Gasteiger charge is -2.38. The highest BCUT2D eigenvalue weighted by molar-refractivity contribution is 7.91. The number of pyridine rings is 1. The third kappa shape index (κ3) is 5.29. The summed E-state index contributed by atoms with van der Waals surface area (Å²) >= 11 is 11.6. The number of benzene rings is 1. The minimum Gasteiger partial charge on any atom is -0.616 e. The number of aromatic nitrogens is 1. The molecule has 1 unspecified atom stereocenters. The predicted octanol–water partition coefficient (Wildman–Crippen LogP) is 3.05. The fraction of sp³-hybridized carbons (Fsp3) is 0.381. The number of alkyl halides is 2. The summed E-state index contributed by atoms with van der Waals surface area (Å²) in [7, 11) is 0. The summed E-state index contributed by atoms with van der Waals surface area (Å²) in [6, 6.07) is 7.82. The number of carbonyl (C=O) groups excluding carboxylic acids is 2. The minimum absolute atomic E-state index is 0.111. The normalized spacial score (nSPS) is 22.3. The zero-order chi connectivity index (χ0) is 23.8. The molecule has 2 amide bonds. The molecule has 12 heteroatoms. The molecule has 2 atom stereocenters. The van der Waals surface area contributed by atoms with Gasteiger partial charge in [0.25, 0.3) is 0 Å². The van der Waals surface area contributed by atoms with Crippen molar-refractivity contribution >= 4 is 57.9 Å². The Morgan fingerprint density at radius 2 is 2.18 bits per heavy atom. The van der Waals surface area contributed by atoms with Gasteiger partial charge in [-0.15, -0.1) is 0 Å². The lowest BCUT2D eigenvalue weighted by Crippen LogP contribution is -2.52. The molecule has 2 aliphatic rings. The van der Waals surface area contributed by atoms with Crippen LogP contribution in [0.15, 0.2) is 36.5 Å². The second kappa shape index (κ2) is 9.54. The molecule has 2 saturated heterocycles. The fourth-order valence-corrected chi connectivity index (χ4v) is 5.84. The van der Waals surface area contributed by atoms with Gasteiger partial charge >= 0.3 is 6.09 Å². The van der Waals surface area contributed by atoms with Crippen LogP contribution >= 0.6 is 23.2 Å². The zero-order valence-electron chi connectivity index (χ0n) is 17.6. The van der Waals surface area contributed by atoms with Gasteiger partial charge in [-0.25, -0.2) is 14.2 Å². The van der Waals surface area contributed by atoms with Crippen LogP contribution in [0.3, 0.4) is 0 Å². The van der Waals surface area contributed by atoms with Crippen molar-refractivity contribution < 1.29 is 23.3 Å². The van der Waals surface area contributed by atoms with Crippen molar-refractivity contribution in [2.75, 3.05) is 40.9 Å². The second-order valence-corrected chi connectivity index (χ2v) is 10.7. The lowest BCUT2D eigenvalue weighted by atomic mass is 10.1. The van der Waals surface area contributed by atoms with Crippen molar-refractivity contribution in [2.45, 2.75) is 17.5 Å². The first-order valence-corrected chi connectivity index (χ1v) is 12.4. The first kappa shape index (κ1) is 23.9. The van der Waals surface area contributed by atoms with Gasteiger partial charge in [0.05, 0.1) is 25.3 Å². The summed E-state index contributed by atoms with van der Waals surface area (Å²) < 4.78 is 30.6. The molecule has 0 spiro atoms. The minimum atomic E-state index is -1.33. The molecule has 0 aliphatic carbocycles. The maximum Gasteiger partial charge on any atom is 0.414 e. The van der Waals surface area contributed by atoms with E-state index in [1.807, 2.05) is 0 Å². The topological polar surface area (TPSA) is 97.8 Å². The third-order valence-electron chi connectivity index (χ3n) is 5.32. The first-order chi connectivity index (χ1) is 15.6. The Hall–Kier alpha value is -2.27. The van der Waals surface area contributed by atoms with Gasteiger partial charge in [-0.3, -0.25) is 9.69 Å². The third-order valence-corrected chi connectivity index (χ3v) is 7.69. The van der Waals surface area contributed by atoms with Crippen LogP contribution in [0.2, 0.25) is 0 Å². The van der Waals surface area contributed by atoms with Crippen LogP contribution in [0, 0.1) is 5.82 Å². The maximum absolute atomic E-state index is 14.9. The van der Waals surface area contributed by atoms with Crippen LogP contribution in [0.1, 0.15) is 6.92 Å². The average Bonchev–Trinajstić information content (AvgIpc) is 3.12. The number of cyclic esters (lactones) is 1. The van der Waals surface area contributed by atoms with E-state index in [2.05, 4.69) is 10.3 Å². The quantitative estimate of drug-likeness (QED) is 0.374. The summed E-state index contributed by atoms with van der Waals surface area (Å²) in [6.07, 6.45) is 0.400. The van der Waals surface area contributed by atoms with Gasteiger partial charge in [0, 0.05) is 24.2 Å². The van der Waals surface area contributed by atoms with Crippen LogP contribution < -0.4 is 15.1 Å². The number of hydrogen-bond acceptors (Lipinski definition) is 6. The fourth-order valence-electron chi connectivity index (χ4n) is 3.69. The summed E-state index contributed by atoms with van der Waals surface area (Å²) in [5, 5.41) is 2.60. The summed E-state index contributed by atoms with van der Waals surface area (Å²) in [6.45, 7) is 2.16. The Kier molecular flexibility index (Phi) is 6.90.